The Kier molecular flexibility index (Phi) is 4.65. The Morgan fingerprint density at radius 2 is 2.14 bits per heavy atom. The Morgan fingerprint density at radius 1 is 1.33 bits per heavy atom. The molecule has 0 aliphatic heterocycles. The molecule has 0 aliphatic rings. The van der Waals surface area contributed by atoms with Crippen LogP contribution in [0.25, 0.3) is 0 Å². The molecule has 0 aromatic carbocycles. The van der Waals surface area contributed by atoms with Gasteiger partial charge in [-0.2, -0.15) is 0 Å². The van der Waals surface area contributed by atoms with E-state index in [4.69, 9.17) is 4.74 Å². The molecule has 0 fully saturated rings. The van der Waals surface area contributed by atoms with Gasteiger partial charge in [0, 0.05) is 19.3 Å². The van der Waals surface area contributed by atoms with Crippen molar-refractivity contribution in [1.82, 2.24) is 9.97 Å². The van der Waals surface area contributed by atoms with E-state index >= 15 is 0 Å². The first-order valence-electron chi connectivity index (χ1n) is 6.38. The van der Waals surface area contributed by atoms with Crippen molar-refractivity contribution >= 4 is 17.4 Å². The highest BCUT2D eigenvalue weighted by Crippen LogP contribution is 2.17. The minimum absolute atomic E-state index is 0.0208. The summed E-state index contributed by atoms with van der Waals surface area (Å²) in [6.45, 7) is 2.36. The summed E-state index contributed by atoms with van der Waals surface area (Å²) in [4.78, 5) is 19.8. The number of anilines is 2. The fourth-order valence-electron chi connectivity index (χ4n) is 1.68. The van der Waals surface area contributed by atoms with Crippen LogP contribution in [-0.2, 0) is 0 Å². The van der Waals surface area contributed by atoms with Gasteiger partial charge in [-0.25, -0.2) is 14.4 Å². The van der Waals surface area contributed by atoms with Gasteiger partial charge in [-0.1, -0.05) is 0 Å². The summed E-state index contributed by atoms with van der Waals surface area (Å²) in [5.41, 5.74) is 0.355. The molecule has 0 spiro atoms. The summed E-state index contributed by atoms with van der Waals surface area (Å²) < 4.78 is 19.2. The predicted octanol–water partition coefficient (Wildman–Crippen LogP) is 2.31. The number of hydrogen-bond donors (Lipinski definition) is 2. The SMILES string of the molecule is CCOc1ccc(NC(=O)c2ccnc(NC)c2F)cn1. The van der Waals surface area contributed by atoms with Gasteiger partial charge in [0.15, 0.2) is 11.6 Å². The van der Waals surface area contributed by atoms with Crippen LogP contribution in [0.1, 0.15) is 17.3 Å². The summed E-state index contributed by atoms with van der Waals surface area (Å²) in [6.07, 6.45) is 2.81. The van der Waals surface area contributed by atoms with Crippen LogP contribution in [0.15, 0.2) is 30.6 Å². The van der Waals surface area contributed by atoms with Crippen molar-refractivity contribution in [2.75, 3.05) is 24.3 Å². The number of aromatic nitrogens is 2. The fourth-order valence-corrected chi connectivity index (χ4v) is 1.68. The van der Waals surface area contributed by atoms with E-state index < -0.39 is 11.7 Å². The Labute approximate surface area is 121 Å². The van der Waals surface area contributed by atoms with Crippen LogP contribution in [0.3, 0.4) is 0 Å². The quantitative estimate of drug-likeness (QED) is 0.883. The molecule has 2 aromatic heterocycles. The third-order valence-electron chi connectivity index (χ3n) is 2.66. The van der Waals surface area contributed by atoms with Gasteiger partial charge >= 0.3 is 0 Å². The van der Waals surface area contributed by atoms with Crippen LogP contribution >= 0.6 is 0 Å². The number of nitrogens with zero attached hydrogens (tertiary/aromatic N) is 2. The molecule has 0 radical (unpaired) electrons. The number of carbonyl (C=O) groups excluding carboxylic acids is 1. The van der Waals surface area contributed by atoms with Crippen molar-refractivity contribution in [2.45, 2.75) is 6.92 Å². The van der Waals surface area contributed by atoms with Crippen LogP contribution in [0, 0.1) is 5.82 Å². The number of pyridine rings is 2. The van der Waals surface area contributed by atoms with E-state index in [1.807, 2.05) is 6.92 Å². The molecule has 2 aromatic rings. The monoisotopic (exact) mass is 290 g/mol. The van der Waals surface area contributed by atoms with E-state index in [1.54, 1.807) is 12.1 Å². The standard InChI is InChI=1S/C14H15FN4O2/c1-3-21-11-5-4-9(8-18-11)19-14(20)10-6-7-17-13(16-2)12(10)15/h4-8H,3H2,1-2H3,(H,16,17)(H,19,20). The average Bonchev–Trinajstić information content (AvgIpc) is 2.49. The summed E-state index contributed by atoms with van der Waals surface area (Å²) in [6, 6.07) is 4.57. The molecule has 7 heteroatoms. The van der Waals surface area contributed by atoms with Crippen molar-refractivity contribution in [3.8, 4) is 5.88 Å². The van der Waals surface area contributed by atoms with E-state index in [0.29, 0.717) is 18.2 Å². The third-order valence-corrected chi connectivity index (χ3v) is 2.66. The molecule has 0 saturated heterocycles. The second-order valence-electron chi connectivity index (χ2n) is 4.04. The number of amides is 1. The maximum atomic E-state index is 14.0. The van der Waals surface area contributed by atoms with Gasteiger partial charge in [-0.15, -0.1) is 0 Å². The van der Waals surface area contributed by atoms with Gasteiger partial charge in [0.05, 0.1) is 24.1 Å². The Hall–Kier alpha value is -2.70. The summed E-state index contributed by atoms with van der Waals surface area (Å²) in [5.74, 6) is -0.788. The number of carbonyl (C=O) groups is 1. The maximum absolute atomic E-state index is 14.0. The zero-order valence-corrected chi connectivity index (χ0v) is 11.7. The molecule has 0 unspecified atom stereocenters. The second-order valence-corrected chi connectivity index (χ2v) is 4.04. The minimum atomic E-state index is -0.698. The van der Waals surface area contributed by atoms with Gasteiger partial charge in [-0.3, -0.25) is 4.79 Å². The molecular formula is C14H15FN4O2. The van der Waals surface area contributed by atoms with Crippen LogP contribution < -0.4 is 15.4 Å². The van der Waals surface area contributed by atoms with Crippen molar-refractivity contribution in [2.24, 2.45) is 0 Å². The first-order valence-corrected chi connectivity index (χ1v) is 6.38. The van der Waals surface area contributed by atoms with Crippen molar-refractivity contribution in [1.29, 1.82) is 0 Å². The fraction of sp³-hybridized carbons (Fsp3) is 0.214. The van der Waals surface area contributed by atoms with Crippen molar-refractivity contribution in [3.63, 3.8) is 0 Å². The van der Waals surface area contributed by atoms with Crippen molar-refractivity contribution < 1.29 is 13.9 Å². The highest BCUT2D eigenvalue weighted by Gasteiger charge is 2.15. The summed E-state index contributed by atoms with van der Waals surface area (Å²) >= 11 is 0. The summed E-state index contributed by atoms with van der Waals surface area (Å²) in [7, 11) is 1.53. The molecule has 0 bridgehead atoms. The zero-order valence-electron chi connectivity index (χ0n) is 11.7. The molecule has 21 heavy (non-hydrogen) atoms. The molecule has 1 amide bonds. The predicted molar refractivity (Wildman–Crippen MR) is 77.1 cm³/mol. The van der Waals surface area contributed by atoms with Gasteiger partial charge < -0.3 is 15.4 Å². The largest absolute Gasteiger partial charge is 0.478 e. The molecule has 110 valence electrons. The Bertz CT molecular complexity index is 631. The molecule has 2 N–H and O–H groups in total. The zero-order chi connectivity index (χ0) is 15.2. The molecular weight excluding hydrogens is 275 g/mol. The van der Waals surface area contributed by atoms with Crippen LogP contribution in [0.5, 0.6) is 5.88 Å². The van der Waals surface area contributed by atoms with E-state index in [-0.39, 0.29) is 11.4 Å². The van der Waals surface area contributed by atoms with E-state index in [9.17, 15) is 9.18 Å². The smallest absolute Gasteiger partial charge is 0.258 e. The maximum Gasteiger partial charge on any atom is 0.258 e. The Morgan fingerprint density at radius 3 is 2.76 bits per heavy atom. The topological polar surface area (TPSA) is 76.1 Å². The van der Waals surface area contributed by atoms with Crippen LogP contribution in [0.4, 0.5) is 15.9 Å². The lowest BCUT2D eigenvalue weighted by molar-refractivity contribution is 0.102. The number of rotatable bonds is 5. The van der Waals surface area contributed by atoms with E-state index in [0.717, 1.165) is 0 Å². The second kappa shape index (κ2) is 6.65. The number of ether oxygens (including phenoxy) is 1. The van der Waals surface area contributed by atoms with Gasteiger partial charge in [0.1, 0.15) is 0 Å². The molecule has 0 aliphatic carbocycles. The normalized spacial score (nSPS) is 10.0. The van der Waals surface area contributed by atoms with Gasteiger partial charge in [0.25, 0.3) is 5.91 Å². The lowest BCUT2D eigenvalue weighted by Gasteiger charge is -2.08. The van der Waals surface area contributed by atoms with Crippen molar-refractivity contribution in [3.05, 3.63) is 42.0 Å². The van der Waals surface area contributed by atoms with E-state index in [2.05, 4.69) is 20.6 Å². The average molecular weight is 290 g/mol. The van der Waals surface area contributed by atoms with E-state index in [1.165, 1.54) is 25.5 Å². The van der Waals surface area contributed by atoms with Gasteiger partial charge in [0.2, 0.25) is 5.88 Å². The highest BCUT2D eigenvalue weighted by atomic mass is 19.1. The minimum Gasteiger partial charge on any atom is -0.478 e. The number of nitrogens with one attached hydrogen (secondary N) is 2. The third kappa shape index (κ3) is 3.44. The molecule has 0 atom stereocenters. The molecule has 0 saturated carbocycles. The van der Waals surface area contributed by atoms with Crippen LogP contribution in [0.2, 0.25) is 0 Å². The molecule has 2 heterocycles. The lowest BCUT2D eigenvalue weighted by Crippen LogP contribution is -2.15. The molecule has 2 rings (SSSR count). The summed E-state index contributed by atoms with van der Waals surface area (Å²) in [5, 5.41) is 5.15. The first-order chi connectivity index (χ1) is 10.2. The van der Waals surface area contributed by atoms with Crippen LogP contribution in [-0.4, -0.2) is 29.5 Å². The number of halogens is 1. The first kappa shape index (κ1) is 14.7. The highest BCUT2D eigenvalue weighted by molar-refractivity contribution is 6.04. The van der Waals surface area contributed by atoms with Gasteiger partial charge in [-0.05, 0) is 19.1 Å². The Balaban J connectivity index is 2.14. The molecule has 6 nitrogen and oxygen atoms in total. The number of hydrogen-bond acceptors (Lipinski definition) is 5. The lowest BCUT2D eigenvalue weighted by atomic mass is 10.2.